The van der Waals surface area contributed by atoms with E-state index in [-0.39, 0.29) is 11.2 Å². The summed E-state index contributed by atoms with van der Waals surface area (Å²) in [5, 5.41) is 0.0459. The van der Waals surface area contributed by atoms with Crippen molar-refractivity contribution in [1.82, 2.24) is 19.9 Å². The number of anilines is 2. The Kier molecular flexibility index (Phi) is 4.12. The molecule has 1 atom stereocenters. The van der Waals surface area contributed by atoms with E-state index in [1.807, 2.05) is 44.1 Å². The molecule has 114 valence electrons. The molecular weight excluding hydrogens is 316 g/mol. The monoisotopic (exact) mass is 332 g/mol. The van der Waals surface area contributed by atoms with Gasteiger partial charge in [0.15, 0.2) is 4.34 Å². The van der Waals surface area contributed by atoms with Crippen LogP contribution in [0.1, 0.15) is 18.0 Å². The number of hydrogen-bond donors (Lipinski definition) is 1. The van der Waals surface area contributed by atoms with Gasteiger partial charge in [0, 0.05) is 14.1 Å². The number of para-hydroxylation sites is 1. The Morgan fingerprint density at radius 1 is 1.14 bits per heavy atom. The minimum Gasteiger partial charge on any atom is -0.368 e. The van der Waals surface area contributed by atoms with Crippen molar-refractivity contribution in [2.75, 3.05) is 24.7 Å². The number of nitrogens with two attached hydrogens (primary N) is 1. The number of aromatic nitrogens is 4. The molecule has 2 aromatic heterocycles. The van der Waals surface area contributed by atoms with Crippen molar-refractivity contribution in [1.29, 1.82) is 0 Å². The lowest BCUT2D eigenvalue weighted by atomic mass is 10.3. The van der Waals surface area contributed by atoms with Crippen LogP contribution in [0.25, 0.3) is 10.2 Å². The van der Waals surface area contributed by atoms with E-state index in [1.54, 1.807) is 23.1 Å². The maximum absolute atomic E-state index is 5.78. The van der Waals surface area contributed by atoms with Crippen LogP contribution in [0.15, 0.2) is 28.6 Å². The van der Waals surface area contributed by atoms with Crippen molar-refractivity contribution < 1.29 is 0 Å². The van der Waals surface area contributed by atoms with Crippen LogP contribution in [0.2, 0.25) is 0 Å². The van der Waals surface area contributed by atoms with E-state index in [0.29, 0.717) is 11.8 Å². The van der Waals surface area contributed by atoms with Gasteiger partial charge in [-0.3, -0.25) is 0 Å². The average Bonchev–Trinajstić information content (AvgIpc) is 2.88. The number of rotatable bonds is 4. The van der Waals surface area contributed by atoms with Crippen molar-refractivity contribution in [3.05, 3.63) is 30.1 Å². The van der Waals surface area contributed by atoms with E-state index in [0.717, 1.165) is 9.86 Å². The lowest BCUT2D eigenvalue weighted by Gasteiger charge is -2.13. The molecule has 3 rings (SSSR count). The van der Waals surface area contributed by atoms with Crippen molar-refractivity contribution in [3.8, 4) is 0 Å². The highest BCUT2D eigenvalue weighted by Crippen LogP contribution is 2.37. The average molecular weight is 332 g/mol. The highest BCUT2D eigenvalue weighted by molar-refractivity contribution is 8.01. The zero-order valence-electron chi connectivity index (χ0n) is 12.5. The first-order valence-corrected chi connectivity index (χ1v) is 8.43. The molecule has 0 unspecified atom stereocenters. The second-order valence-corrected chi connectivity index (χ2v) is 7.57. The number of thiazole rings is 1. The first-order valence-electron chi connectivity index (χ1n) is 6.74. The highest BCUT2D eigenvalue weighted by Gasteiger charge is 2.16. The molecule has 0 radical (unpaired) electrons. The third-order valence-corrected chi connectivity index (χ3v) is 5.20. The van der Waals surface area contributed by atoms with E-state index in [4.69, 9.17) is 5.73 Å². The summed E-state index contributed by atoms with van der Waals surface area (Å²) in [7, 11) is 3.76. The summed E-state index contributed by atoms with van der Waals surface area (Å²) in [6.45, 7) is 2.05. The normalized spacial score (nSPS) is 12.5. The van der Waals surface area contributed by atoms with E-state index >= 15 is 0 Å². The summed E-state index contributed by atoms with van der Waals surface area (Å²) in [4.78, 5) is 19.3. The number of hydrogen-bond acceptors (Lipinski definition) is 8. The number of thioether (sulfide) groups is 1. The van der Waals surface area contributed by atoms with E-state index in [1.165, 1.54) is 4.70 Å². The van der Waals surface area contributed by atoms with Gasteiger partial charge in [-0.2, -0.15) is 15.0 Å². The van der Waals surface area contributed by atoms with Crippen molar-refractivity contribution >= 4 is 45.2 Å². The van der Waals surface area contributed by atoms with Crippen LogP contribution in [0.5, 0.6) is 0 Å². The summed E-state index contributed by atoms with van der Waals surface area (Å²) >= 11 is 3.31. The van der Waals surface area contributed by atoms with Gasteiger partial charge in [0.05, 0.1) is 15.5 Å². The van der Waals surface area contributed by atoms with Gasteiger partial charge in [-0.05, 0) is 19.1 Å². The molecule has 0 saturated heterocycles. The topological polar surface area (TPSA) is 80.8 Å². The fourth-order valence-electron chi connectivity index (χ4n) is 1.88. The van der Waals surface area contributed by atoms with E-state index < -0.39 is 0 Å². The van der Waals surface area contributed by atoms with Crippen molar-refractivity contribution in [3.63, 3.8) is 0 Å². The summed E-state index contributed by atoms with van der Waals surface area (Å²) in [6.07, 6.45) is 0. The molecule has 0 aliphatic rings. The van der Waals surface area contributed by atoms with Gasteiger partial charge in [-0.25, -0.2) is 4.98 Å². The molecule has 22 heavy (non-hydrogen) atoms. The summed E-state index contributed by atoms with van der Waals surface area (Å²) in [5.41, 5.74) is 6.80. The number of nitrogens with zero attached hydrogens (tertiary/aromatic N) is 5. The first kappa shape index (κ1) is 15.0. The molecular formula is C14H16N6S2. The van der Waals surface area contributed by atoms with Crippen molar-refractivity contribution in [2.24, 2.45) is 0 Å². The lowest BCUT2D eigenvalue weighted by Crippen LogP contribution is -2.16. The SMILES string of the molecule is C[C@H](Sc1nc2ccccc2s1)c1nc(N)nc(N(C)C)n1. The molecule has 0 aliphatic heterocycles. The summed E-state index contributed by atoms with van der Waals surface area (Å²) in [5.74, 6) is 1.48. The largest absolute Gasteiger partial charge is 0.368 e. The van der Waals surface area contributed by atoms with Crippen LogP contribution in [0.4, 0.5) is 11.9 Å². The van der Waals surface area contributed by atoms with Gasteiger partial charge in [0.25, 0.3) is 0 Å². The number of benzene rings is 1. The van der Waals surface area contributed by atoms with E-state index in [9.17, 15) is 0 Å². The third-order valence-electron chi connectivity index (χ3n) is 2.97. The Bertz CT molecular complexity index is 768. The lowest BCUT2D eigenvalue weighted by molar-refractivity contribution is 0.864. The fourth-order valence-corrected chi connectivity index (χ4v) is 4.14. The Morgan fingerprint density at radius 2 is 1.91 bits per heavy atom. The second kappa shape index (κ2) is 6.05. The molecule has 6 nitrogen and oxygen atoms in total. The smallest absolute Gasteiger partial charge is 0.229 e. The predicted octanol–water partition coefficient (Wildman–Crippen LogP) is 2.98. The predicted molar refractivity (Wildman–Crippen MR) is 92.5 cm³/mol. The van der Waals surface area contributed by atoms with Crippen LogP contribution >= 0.6 is 23.1 Å². The van der Waals surface area contributed by atoms with Gasteiger partial charge >= 0.3 is 0 Å². The van der Waals surface area contributed by atoms with Crippen LogP contribution in [-0.2, 0) is 0 Å². The standard InChI is InChI=1S/C14H16N6S2/c1-8(11-17-12(15)19-13(18-11)20(2)3)21-14-16-9-6-4-5-7-10(9)22-14/h4-8H,1-3H3,(H2,15,17,18,19)/t8-/m0/s1. The molecule has 1 aromatic carbocycles. The van der Waals surface area contributed by atoms with Gasteiger partial charge in [-0.1, -0.05) is 23.9 Å². The van der Waals surface area contributed by atoms with Gasteiger partial charge in [0.2, 0.25) is 11.9 Å². The van der Waals surface area contributed by atoms with Crippen LogP contribution < -0.4 is 10.6 Å². The fraction of sp³-hybridized carbons (Fsp3) is 0.286. The highest BCUT2D eigenvalue weighted by atomic mass is 32.2. The Balaban J connectivity index is 1.86. The van der Waals surface area contributed by atoms with Gasteiger partial charge in [-0.15, -0.1) is 11.3 Å². The van der Waals surface area contributed by atoms with Crippen molar-refractivity contribution in [2.45, 2.75) is 16.5 Å². The number of nitrogen functional groups attached to an aromatic ring is 1. The second-order valence-electron chi connectivity index (χ2n) is 4.95. The molecule has 2 heterocycles. The summed E-state index contributed by atoms with van der Waals surface area (Å²) < 4.78 is 2.18. The van der Waals surface area contributed by atoms with Crippen LogP contribution in [0, 0.1) is 0 Å². The van der Waals surface area contributed by atoms with Gasteiger partial charge in [0.1, 0.15) is 5.82 Å². The molecule has 8 heteroatoms. The zero-order valence-corrected chi connectivity index (χ0v) is 14.1. The Labute approximate surface area is 136 Å². The summed E-state index contributed by atoms with van der Waals surface area (Å²) in [6, 6.07) is 8.11. The quantitative estimate of drug-likeness (QED) is 0.736. The van der Waals surface area contributed by atoms with Crippen LogP contribution in [0.3, 0.4) is 0 Å². The van der Waals surface area contributed by atoms with Crippen LogP contribution in [-0.4, -0.2) is 34.0 Å². The molecule has 0 aliphatic carbocycles. The molecule has 2 N–H and O–H groups in total. The van der Waals surface area contributed by atoms with Gasteiger partial charge < -0.3 is 10.6 Å². The maximum Gasteiger partial charge on any atom is 0.229 e. The molecule has 0 saturated carbocycles. The minimum atomic E-state index is 0.0459. The molecule has 0 bridgehead atoms. The number of fused-ring (bicyclic) bond motifs is 1. The maximum atomic E-state index is 5.78. The Hall–Kier alpha value is -1.93. The third kappa shape index (κ3) is 3.12. The Morgan fingerprint density at radius 3 is 2.64 bits per heavy atom. The van der Waals surface area contributed by atoms with E-state index in [2.05, 4.69) is 26.0 Å². The molecule has 3 aromatic rings. The molecule has 0 fully saturated rings. The minimum absolute atomic E-state index is 0.0459. The molecule has 0 spiro atoms. The first-order chi connectivity index (χ1) is 10.5. The zero-order chi connectivity index (χ0) is 15.7. The molecule has 0 amide bonds.